The van der Waals surface area contributed by atoms with Gasteiger partial charge in [-0.2, -0.15) is 0 Å². The Morgan fingerprint density at radius 2 is 1.61 bits per heavy atom. The molecule has 0 atom stereocenters. The van der Waals surface area contributed by atoms with Gasteiger partial charge in [-0.05, 0) is 46.3 Å². The zero-order valence-corrected chi connectivity index (χ0v) is 11.2. The quantitative estimate of drug-likeness (QED) is 0.734. The number of carbonyl (C=O) groups is 1. The summed E-state index contributed by atoms with van der Waals surface area (Å²) in [5.41, 5.74) is 0.221. The molecule has 2 rings (SSSR count). The Balaban J connectivity index is 2.44. The van der Waals surface area contributed by atoms with Crippen molar-refractivity contribution >= 4 is 33.3 Å². The molecule has 0 aliphatic heterocycles. The molecular formula is C13H6BrClF2O. The van der Waals surface area contributed by atoms with Crippen molar-refractivity contribution in [1.29, 1.82) is 0 Å². The predicted molar refractivity (Wildman–Crippen MR) is 68.9 cm³/mol. The van der Waals surface area contributed by atoms with Crippen LogP contribution in [0.4, 0.5) is 8.78 Å². The average Bonchev–Trinajstić information content (AvgIpc) is 2.30. The topological polar surface area (TPSA) is 17.1 Å². The molecule has 1 nitrogen and oxygen atoms in total. The predicted octanol–water partition coefficient (Wildman–Crippen LogP) is 4.61. The largest absolute Gasteiger partial charge is 0.289 e. The van der Waals surface area contributed by atoms with Crippen molar-refractivity contribution < 1.29 is 13.6 Å². The van der Waals surface area contributed by atoms with E-state index in [1.165, 1.54) is 12.1 Å². The Labute approximate surface area is 116 Å². The number of rotatable bonds is 2. The number of carbonyl (C=O) groups excluding carboxylic acids is 1. The number of hydrogen-bond donors (Lipinski definition) is 0. The van der Waals surface area contributed by atoms with Crippen LogP contribution >= 0.6 is 27.5 Å². The molecule has 0 amide bonds. The number of hydrogen-bond acceptors (Lipinski definition) is 1. The summed E-state index contributed by atoms with van der Waals surface area (Å²) >= 11 is 9.06. The Morgan fingerprint density at radius 3 is 2.17 bits per heavy atom. The molecular weight excluding hydrogens is 325 g/mol. The Kier molecular flexibility index (Phi) is 3.78. The maximum atomic E-state index is 13.0. The van der Waals surface area contributed by atoms with Crippen LogP contribution in [0.5, 0.6) is 0 Å². The third-order valence-corrected chi connectivity index (χ3v) is 3.54. The van der Waals surface area contributed by atoms with Gasteiger partial charge in [0.15, 0.2) is 5.78 Å². The molecule has 92 valence electrons. The number of ketones is 1. The summed E-state index contributed by atoms with van der Waals surface area (Å²) in [5, 5.41) is 0.359. The minimum Gasteiger partial charge on any atom is -0.289 e. The molecule has 2 aromatic rings. The van der Waals surface area contributed by atoms with E-state index >= 15 is 0 Å². The lowest BCUT2D eigenvalue weighted by Crippen LogP contribution is -2.02. The average molecular weight is 332 g/mol. The van der Waals surface area contributed by atoms with Gasteiger partial charge in [-0.3, -0.25) is 4.79 Å². The van der Waals surface area contributed by atoms with Crippen molar-refractivity contribution in [2.24, 2.45) is 0 Å². The van der Waals surface area contributed by atoms with E-state index in [4.69, 9.17) is 11.6 Å². The van der Waals surface area contributed by atoms with Crippen molar-refractivity contribution in [3.05, 3.63) is 68.7 Å². The van der Waals surface area contributed by atoms with Gasteiger partial charge < -0.3 is 0 Å². The molecule has 0 fully saturated rings. The van der Waals surface area contributed by atoms with Crippen molar-refractivity contribution in [3.63, 3.8) is 0 Å². The van der Waals surface area contributed by atoms with Crippen LogP contribution in [0.1, 0.15) is 15.9 Å². The summed E-state index contributed by atoms with van der Waals surface area (Å²) in [6.45, 7) is 0. The van der Waals surface area contributed by atoms with Crippen LogP contribution in [0.3, 0.4) is 0 Å². The second kappa shape index (κ2) is 5.16. The minimum atomic E-state index is -0.790. The van der Waals surface area contributed by atoms with Gasteiger partial charge in [0.1, 0.15) is 11.6 Å². The van der Waals surface area contributed by atoms with E-state index in [1.807, 2.05) is 0 Å². The standard InChI is InChI=1S/C13H6BrClF2O/c14-11-2-1-7(5-12(11)15)13(18)8-3-9(16)6-10(17)4-8/h1-6H. The highest BCUT2D eigenvalue weighted by atomic mass is 79.9. The minimum absolute atomic E-state index is 0.0501. The molecule has 0 N–H and O–H groups in total. The first-order valence-electron chi connectivity index (χ1n) is 4.93. The molecule has 0 aromatic heterocycles. The summed E-state index contributed by atoms with van der Waals surface area (Å²) in [6, 6.07) is 7.26. The molecule has 18 heavy (non-hydrogen) atoms. The van der Waals surface area contributed by atoms with Gasteiger partial charge in [0.2, 0.25) is 0 Å². The van der Waals surface area contributed by atoms with E-state index in [-0.39, 0.29) is 11.1 Å². The smallest absolute Gasteiger partial charge is 0.193 e. The summed E-state index contributed by atoms with van der Waals surface area (Å²) in [5.74, 6) is -2.06. The highest BCUT2D eigenvalue weighted by Crippen LogP contribution is 2.24. The molecule has 0 heterocycles. The molecule has 0 aliphatic carbocycles. The van der Waals surface area contributed by atoms with Crippen molar-refractivity contribution in [3.8, 4) is 0 Å². The molecule has 0 radical (unpaired) electrons. The van der Waals surface area contributed by atoms with Crippen LogP contribution in [-0.4, -0.2) is 5.78 Å². The molecule has 0 saturated carbocycles. The first-order chi connectivity index (χ1) is 8.47. The lowest BCUT2D eigenvalue weighted by atomic mass is 10.0. The van der Waals surface area contributed by atoms with Gasteiger partial charge >= 0.3 is 0 Å². The summed E-state index contributed by atoms with van der Waals surface area (Å²) in [7, 11) is 0. The Hall–Kier alpha value is -1.26. The van der Waals surface area contributed by atoms with E-state index in [9.17, 15) is 13.6 Å². The van der Waals surface area contributed by atoms with E-state index < -0.39 is 17.4 Å². The summed E-state index contributed by atoms with van der Waals surface area (Å²) < 4.78 is 26.7. The SMILES string of the molecule is O=C(c1cc(F)cc(F)c1)c1ccc(Br)c(Cl)c1. The zero-order valence-electron chi connectivity index (χ0n) is 8.88. The van der Waals surface area contributed by atoms with Crippen molar-refractivity contribution in [2.75, 3.05) is 0 Å². The highest BCUT2D eigenvalue weighted by molar-refractivity contribution is 9.10. The van der Waals surface area contributed by atoms with E-state index in [0.717, 1.165) is 12.1 Å². The van der Waals surface area contributed by atoms with Crippen molar-refractivity contribution in [2.45, 2.75) is 0 Å². The first-order valence-corrected chi connectivity index (χ1v) is 6.10. The second-order valence-electron chi connectivity index (χ2n) is 3.62. The van der Waals surface area contributed by atoms with Gasteiger partial charge in [0, 0.05) is 21.7 Å². The first kappa shape index (κ1) is 13.2. The van der Waals surface area contributed by atoms with Crippen LogP contribution in [0.25, 0.3) is 0 Å². The molecule has 0 unspecified atom stereocenters. The van der Waals surface area contributed by atoms with Crippen LogP contribution in [0, 0.1) is 11.6 Å². The fourth-order valence-corrected chi connectivity index (χ4v) is 1.92. The van der Waals surface area contributed by atoms with Crippen LogP contribution in [-0.2, 0) is 0 Å². The fraction of sp³-hybridized carbons (Fsp3) is 0. The van der Waals surface area contributed by atoms with Crippen LogP contribution < -0.4 is 0 Å². The lowest BCUT2D eigenvalue weighted by Gasteiger charge is -2.03. The third kappa shape index (κ3) is 2.76. The third-order valence-electron chi connectivity index (χ3n) is 2.31. The van der Waals surface area contributed by atoms with Gasteiger partial charge in [0.25, 0.3) is 0 Å². The maximum absolute atomic E-state index is 13.0. The van der Waals surface area contributed by atoms with Gasteiger partial charge in [-0.25, -0.2) is 8.78 Å². The summed E-state index contributed by atoms with van der Waals surface area (Å²) in [4.78, 5) is 12.0. The van der Waals surface area contributed by atoms with E-state index in [2.05, 4.69) is 15.9 Å². The molecule has 0 spiro atoms. The lowest BCUT2D eigenvalue weighted by molar-refractivity contribution is 0.103. The van der Waals surface area contributed by atoms with Gasteiger partial charge in [-0.1, -0.05) is 11.6 Å². The molecule has 0 bridgehead atoms. The Morgan fingerprint density at radius 1 is 1.00 bits per heavy atom. The molecule has 0 aliphatic rings. The second-order valence-corrected chi connectivity index (χ2v) is 4.88. The maximum Gasteiger partial charge on any atom is 0.193 e. The van der Waals surface area contributed by atoms with Crippen molar-refractivity contribution in [1.82, 2.24) is 0 Å². The molecule has 5 heteroatoms. The van der Waals surface area contributed by atoms with E-state index in [1.54, 1.807) is 6.07 Å². The number of halogens is 4. The monoisotopic (exact) mass is 330 g/mol. The zero-order chi connectivity index (χ0) is 13.3. The number of benzene rings is 2. The van der Waals surface area contributed by atoms with Crippen LogP contribution in [0.2, 0.25) is 5.02 Å². The van der Waals surface area contributed by atoms with E-state index in [0.29, 0.717) is 15.6 Å². The van der Waals surface area contributed by atoms with Gasteiger partial charge in [0.05, 0.1) is 5.02 Å². The fourth-order valence-electron chi connectivity index (χ4n) is 1.49. The normalized spacial score (nSPS) is 10.4. The molecule has 2 aromatic carbocycles. The summed E-state index contributed by atoms with van der Waals surface area (Å²) in [6.07, 6.45) is 0. The van der Waals surface area contributed by atoms with Crippen LogP contribution in [0.15, 0.2) is 40.9 Å². The molecule has 0 saturated heterocycles. The Bertz CT molecular complexity index is 608. The van der Waals surface area contributed by atoms with Gasteiger partial charge in [-0.15, -0.1) is 0 Å². The highest BCUT2D eigenvalue weighted by Gasteiger charge is 2.13.